The Morgan fingerprint density at radius 2 is 0.711 bits per heavy atom. The number of para-hydroxylation sites is 5. The van der Waals surface area contributed by atoms with Crippen molar-refractivity contribution < 1.29 is 13.3 Å². The molecule has 0 fully saturated rings. The fraction of sp³-hybridized carbons (Fsp3) is 0. The summed E-state index contributed by atoms with van der Waals surface area (Å²) in [6, 6.07) is 95.3. The zero-order valence-corrected chi connectivity index (χ0v) is 44.4. The van der Waals surface area contributed by atoms with Crippen molar-refractivity contribution in [3.05, 3.63) is 273 Å². The lowest BCUT2D eigenvalue weighted by Gasteiger charge is -2.31. The Hall–Kier alpha value is -11.4. The van der Waals surface area contributed by atoms with Crippen LogP contribution in [0.4, 0.5) is 17.1 Å². The minimum atomic E-state index is 0.510. The van der Waals surface area contributed by atoms with Crippen molar-refractivity contribution in [1.29, 1.82) is 0 Å². The SMILES string of the molecule is c1ccc(-c2cc(-c3nc(-c4ccc5c(c4)oc4ccccc45)nc(-c4ccc5c(c4)oc4ccccc45)n3)cc(-c3ccccc3)c2N(c2ccccc2)c2ccc3c(c2)oc2cc4c(cc23)c2ccccc2n4-c2ccccc2)cc1. The summed E-state index contributed by atoms with van der Waals surface area (Å²) in [7, 11) is 0. The van der Waals surface area contributed by atoms with E-state index in [1.807, 2.05) is 48.5 Å². The Morgan fingerprint density at radius 1 is 0.265 bits per heavy atom. The second-order valence-corrected chi connectivity index (χ2v) is 21.1. The molecule has 8 nitrogen and oxygen atoms in total. The molecule has 5 aromatic heterocycles. The summed E-state index contributed by atoms with van der Waals surface area (Å²) in [5.74, 6) is 1.53. The highest BCUT2D eigenvalue weighted by atomic mass is 16.3. The second kappa shape index (κ2) is 18.6. The highest BCUT2D eigenvalue weighted by Crippen LogP contribution is 2.50. The van der Waals surface area contributed by atoms with Crippen molar-refractivity contribution in [3.63, 3.8) is 0 Å². The van der Waals surface area contributed by atoms with E-state index in [1.165, 1.54) is 10.8 Å². The first kappa shape index (κ1) is 46.6. The number of fused-ring (bicyclic) bond motifs is 12. The van der Waals surface area contributed by atoms with E-state index in [4.69, 9.17) is 28.2 Å². The van der Waals surface area contributed by atoms with E-state index in [2.05, 4.69) is 234 Å². The third kappa shape index (κ3) is 7.65. The molecule has 0 aliphatic carbocycles. The van der Waals surface area contributed by atoms with Gasteiger partial charge in [-0.1, -0.05) is 164 Å². The molecule has 388 valence electrons. The van der Waals surface area contributed by atoms with Gasteiger partial charge in [-0.25, -0.2) is 15.0 Å². The first-order valence-corrected chi connectivity index (χ1v) is 27.8. The molecular weight excluding hydrogens is 1020 g/mol. The third-order valence-electron chi connectivity index (χ3n) is 16.2. The summed E-state index contributed by atoms with van der Waals surface area (Å²) in [5.41, 5.74) is 17.4. The average molecular weight is 1060 g/mol. The predicted molar refractivity (Wildman–Crippen MR) is 338 cm³/mol. The molecule has 5 heterocycles. The molecule has 17 aromatic rings. The Balaban J connectivity index is 0.893. The molecule has 12 aromatic carbocycles. The Kier molecular flexibility index (Phi) is 10.4. The van der Waals surface area contributed by atoms with Crippen molar-refractivity contribution in [2.45, 2.75) is 0 Å². The molecule has 0 N–H and O–H groups in total. The molecule has 8 heteroatoms. The van der Waals surface area contributed by atoms with Crippen LogP contribution in [-0.2, 0) is 0 Å². The Labute approximate surface area is 475 Å². The van der Waals surface area contributed by atoms with Crippen LogP contribution in [0.5, 0.6) is 0 Å². The van der Waals surface area contributed by atoms with Gasteiger partial charge in [-0.3, -0.25) is 0 Å². The van der Waals surface area contributed by atoms with Crippen LogP contribution < -0.4 is 4.90 Å². The van der Waals surface area contributed by atoms with Crippen molar-refractivity contribution in [2.75, 3.05) is 4.90 Å². The standard InChI is InChI=1S/C75H45N5O3/c1-5-19-46(20-6-1)60-39-50(75-77-73(48-33-36-57-55-28-14-17-31-66(55)81-68(57)41-48)76-74(78-75)49-34-37-58-56-29-15-18-32-67(56)82-69(58)42-49)40-61(47-21-7-2-8-22-47)72(60)79(51-23-9-3-10-24-51)53-35-38-59-63-44-62-54-27-13-16-30-64(54)80(52-25-11-4-12-26-52)65(62)45-71(63)83-70(59)43-53/h1-45H. The molecule has 0 aliphatic rings. The van der Waals surface area contributed by atoms with Gasteiger partial charge in [0.1, 0.15) is 33.5 Å². The molecule has 0 radical (unpaired) electrons. The molecule has 0 amide bonds. The van der Waals surface area contributed by atoms with Gasteiger partial charge in [0.05, 0.1) is 16.7 Å². The molecule has 0 atom stereocenters. The van der Waals surface area contributed by atoms with E-state index >= 15 is 0 Å². The number of nitrogens with zero attached hydrogens (tertiary/aromatic N) is 5. The number of rotatable bonds is 9. The van der Waals surface area contributed by atoms with Crippen molar-refractivity contribution in [2.24, 2.45) is 0 Å². The lowest BCUT2D eigenvalue weighted by Crippen LogP contribution is -2.13. The van der Waals surface area contributed by atoms with Crippen LogP contribution in [0.1, 0.15) is 0 Å². The fourth-order valence-corrected chi connectivity index (χ4v) is 12.4. The molecular formula is C75H45N5O3. The minimum absolute atomic E-state index is 0.510. The molecule has 0 aliphatic heterocycles. The first-order valence-electron chi connectivity index (χ1n) is 27.8. The van der Waals surface area contributed by atoms with Gasteiger partial charge >= 0.3 is 0 Å². The van der Waals surface area contributed by atoms with Gasteiger partial charge in [-0.15, -0.1) is 0 Å². The number of aromatic nitrogens is 4. The van der Waals surface area contributed by atoms with E-state index in [0.29, 0.717) is 17.5 Å². The quantitative estimate of drug-likeness (QED) is 0.142. The molecule has 0 spiro atoms. The van der Waals surface area contributed by atoms with E-state index in [1.54, 1.807) is 0 Å². The molecule has 0 saturated carbocycles. The minimum Gasteiger partial charge on any atom is -0.456 e. The van der Waals surface area contributed by atoms with E-state index in [-0.39, 0.29) is 0 Å². The summed E-state index contributed by atoms with van der Waals surface area (Å²) in [5, 5.41) is 8.63. The summed E-state index contributed by atoms with van der Waals surface area (Å²) in [6.45, 7) is 0. The first-order chi connectivity index (χ1) is 41.1. The van der Waals surface area contributed by atoms with Crippen LogP contribution in [0, 0.1) is 0 Å². The summed E-state index contributed by atoms with van der Waals surface area (Å²) >= 11 is 0. The van der Waals surface area contributed by atoms with E-state index in [9.17, 15) is 0 Å². The predicted octanol–water partition coefficient (Wildman–Crippen LogP) is 20.5. The number of furan rings is 3. The summed E-state index contributed by atoms with van der Waals surface area (Å²) in [6.07, 6.45) is 0. The van der Waals surface area contributed by atoms with Gasteiger partial charge in [0.2, 0.25) is 0 Å². The van der Waals surface area contributed by atoms with Crippen LogP contribution in [0.25, 0.3) is 150 Å². The van der Waals surface area contributed by atoms with Crippen LogP contribution >= 0.6 is 0 Å². The lowest BCUT2D eigenvalue weighted by molar-refractivity contribution is 0.668. The average Bonchev–Trinajstić information content (AvgIpc) is 3.76. The van der Waals surface area contributed by atoms with Crippen molar-refractivity contribution in [3.8, 4) is 62.1 Å². The van der Waals surface area contributed by atoms with Crippen LogP contribution in [0.15, 0.2) is 286 Å². The number of hydrogen-bond acceptors (Lipinski definition) is 7. The highest BCUT2D eigenvalue weighted by molar-refractivity contribution is 6.18. The molecule has 17 rings (SSSR count). The zero-order valence-electron chi connectivity index (χ0n) is 44.4. The van der Waals surface area contributed by atoms with E-state index < -0.39 is 0 Å². The van der Waals surface area contributed by atoms with Gasteiger partial charge in [-0.2, -0.15) is 0 Å². The molecule has 0 saturated heterocycles. The number of anilines is 3. The Morgan fingerprint density at radius 3 is 1.31 bits per heavy atom. The largest absolute Gasteiger partial charge is 0.456 e. The van der Waals surface area contributed by atoms with Crippen LogP contribution in [0.2, 0.25) is 0 Å². The van der Waals surface area contributed by atoms with E-state index in [0.717, 1.165) is 139 Å². The maximum absolute atomic E-state index is 7.02. The highest BCUT2D eigenvalue weighted by Gasteiger charge is 2.27. The second-order valence-electron chi connectivity index (χ2n) is 21.1. The topological polar surface area (TPSA) is 86.3 Å². The van der Waals surface area contributed by atoms with Crippen LogP contribution in [-0.4, -0.2) is 19.5 Å². The smallest absolute Gasteiger partial charge is 0.164 e. The van der Waals surface area contributed by atoms with Gasteiger partial charge in [0.25, 0.3) is 0 Å². The van der Waals surface area contributed by atoms with Crippen molar-refractivity contribution in [1.82, 2.24) is 19.5 Å². The van der Waals surface area contributed by atoms with Gasteiger partial charge in [0.15, 0.2) is 17.5 Å². The Bertz CT molecular complexity index is 5200. The molecule has 0 unspecified atom stereocenters. The maximum atomic E-state index is 7.02. The maximum Gasteiger partial charge on any atom is 0.164 e. The monoisotopic (exact) mass is 1060 g/mol. The summed E-state index contributed by atoms with van der Waals surface area (Å²) in [4.78, 5) is 18.5. The van der Waals surface area contributed by atoms with Gasteiger partial charge in [0, 0.05) is 100 Å². The third-order valence-corrected chi connectivity index (χ3v) is 16.2. The summed E-state index contributed by atoms with van der Waals surface area (Å²) < 4.78 is 22.2. The lowest BCUT2D eigenvalue weighted by atomic mass is 9.91. The van der Waals surface area contributed by atoms with Crippen LogP contribution in [0.3, 0.4) is 0 Å². The van der Waals surface area contributed by atoms with Crippen molar-refractivity contribution >= 4 is 105 Å². The van der Waals surface area contributed by atoms with Gasteiger partial charge < -0.3 is 22.7 Å². The fourth-order valence-electron chi connectivity index (χ4n) is 12.4. The number of hydrogen-bond donors (Lipinski definition) is 0. The molecule has 0 bridgehead atoms. The normalized spacial score (nSPS) is 11.9. The number of benzene rings is 12. The molecule has 83 heavy (non-hydrogen) atoms. The zero-order chi connectivity index (χ0) is 54.5. The van der Waals surface area contributed by atoms with Gasteiger partial charge in [-0.05, 0) is 108 Å².